The van der Waals surface area contributed by atoms with Crippen LogP contribution in [0.25, 0.3) is 0 Å². The number of Topliss-reactive ketones (excluding diaryl/α,β-unsaturated/α-hetero) is 1. The van der Waals surface area contributed by atoms with Gasteiger partial charge in [0.05, 0.1) is 28.3 Å². The highest BCUT2D eigenvalue weighted by Crippen LogP contribution is 2.40. The quantitative estimate of drug-likeness (QED) is 0.0996. The lowest BCUT2D eigenvalue weighted by atomic mass is 10.1. The number of rotatable bonds is 8. The number of methoxy groups -OCH3 is 1. The monoisotopic (exact) mass is 552 g/mol. The number of ketones is 1. The number of nitro benzene ring substituents is 1. The predicted octanol–water partition coefficient (Wildman–Crippen LogP) is 4.02. The zero-order valence-electron chi connectivity index (χ0n) is 20.3. The minimum Gasteiger partial charge on any atom is -0.496 e. The number of nitro groups is 1. The Morgan fingerprint density at radius 2 is 1.72 bits per heavy atom. The number of nitrogens with zero attached hydrogens (tertiary/aromatic N) is 2. The van der Waals surface area contributed by atoms with Gasteiger partial charge in [-0.15, -0.1) is 0 Å². The largest absolute Gasteiger partial charge is 0.496 e. The Bertz CT molecular complexity index is 1570. The van der Waals surface area contributed by atoms with Crippen LogP contribution in [0.15, 0.2) is 54.6 Å². The van der Waals surface area contributed by atoms with Crippen LogP contribution in [-0.4, -0.2) is 48.2 Å². The van der Waals surface area contributed by atoms with Crippen LogP contribution in [0.3, 0.4) is 0 Å². The van der Waals surface area contributed by atoms with E-state index in [9.17, 15) is 34.1 Å². The maximum Gasteiger partial charge on any atom is 0.342 e. The van der Waals surface area contributed by atoms with Crippen molar-refractivity contribution >= 4 is 52.5 Å². The van der Waals surface area contributed by atoms with Crippen molar-refractivity contribution in [2.75, 3.05) is 18.6 Å². The summed E-state index contributed by atoms with van der Waals surface area (Å²) >= 11 is 6.32. The zero-order chi connectivity index (χ0) is 28.4. The summed E-state index contributed by atoms with van der Waals surface area (Å²) in [6, 6.07) is 11.5. The Balaban J connectivity index is 1.55. The number of imide groups is 1. The first-order valence-electron chi connectivity index (χ1n) is 11.1. The minimum atomic E-state index is -0.983. The second-order valence-corrected chi connectivity index (χ2v) is 8.43. The van der Waals surface area contributed by atoms with Gasteiger partial charge in [-0.3, -0.25) is 29.3 Å². The molecule has 3 aromatic rings. The van der Waals surface area contributed by atoms with E-state index in [4.69, 9.17) is 25.8 Å². The van der Waals surface area contributed by atoms with E-state index in [-0.39, 0.29) is 44.5 Å². The number of benzene rings is 3. The second-order valence-electron chi connectivity index (χ2n) is 8.02. The summed E-state index contributed by atoms with van der Waals surface area (Å²) in [6.07, 6.45) is 0. The van der Waals surface area contributed by atoms with E-state index in [2.05, 4.69) is 0 Å². The first-order valence-corrected chi connectivity index (χ1v) is 11.4. The minimum absolute atomic E-state index is 0.136. The molecule has 0 radical (unpaired) electrons. The summed E-state index contributed by atoms with van der Waals surface area (Å²) in [7, 11) is 1.22. The first-order chi connectivity index (χ1) is 18.5. The van der Waals surface area contributed by atoms with Crippen LogP contribution in [-0.2, 0) is 9.53 Å². The molecule has 12 nitrogen and oxygen atoms in total. The Labute approximate surface area is 224 Å². The molecule has 2 amide bonds. The van der Waals surface area contributed by atoms with Crippen LogP contribution < -0.4 is 14.4 Å². The van der Waals surface area contributed by atoms with Crippen molar-refractivity contribution in [3.05, 3.63) is 92.0 Å². The Morgan fingerprint density at radius 3 is 2.33 bits per heavy atom. The average Bonchev–Trinajstić information content (AvgIpc) is 3.16. The van der Waals surface area contributed by atoms with Gasteiger partial charge in [-0.05, 0) is 36.4 Å². The Hall–Kier alpha value is -5.10. The van der Waals surface area contributed by atoms with Gasteiger partial charge in [0.15, 0.2) is 12.4 Å². The maximum absolute atomic E-state index is 13.0. The van der Waals surface area contributed by atoms with Crippen molar-refractivity contribution in [2.24, 2.45) is 0 Å². The molecule has 4 rings (SSSR count). The number of halogens is 1. The molecule has 0 N–H and O–H groups in total. The van der Waals surface area contributed by atoms with E-state index in [0.29, 0.717) is 4.90 Å². The zero-order valence-corrected chi connectivity index (χ0v) is 21.0. The number of fused-ring (bicyclic) bond motifs is 1. The lowest BCUT2D eigenvalue weighted by Gasteiger charge is -2.18. The molecule has 0 saturated heterocycles. The molecule has 0 saturated carbocycles. The molecule has 0 bridgehead atoms. The highest BCUT2D eigenvalue weighted by molar-refractivity contribution is 6.40. The van der Waals surface area contributed by atoms with Crippen LogP contribution >= 0.6 is 11.6 Å². The summed E-state index contributed by atoms with van der Waals surface area (Å²) in [5, 5.41) is 11.2. The number of hydrogen-bond donors (Lipinski definition) is 0. The molecule has 1 aliphatic rings. The molecule has 0 atom stereocenters. The molecule has 1 heterocycles. The number of ether oxygens (including phenoxy) is 3. The summed E-state index contributed by atoms with van der Waals surface area (Å²) in [5.74, 6) is -3.76. The third-order valence-corrected chi connectivity index (χ3v) is 5.89. The predicted molar refractivity (Wildman–Crippen MR) is 135 cm³/mol. The van der Waals surface area contributed by atoms with Crippen LogP contribution in [0.5, 0.6) is 11.5 Å². The molecule has 0 spiro atoms. The Morgan fingerprint density at radius 1 is 1.03 bits per heavy atom. The second kappa shape index (κ2) is 10.7. The summed E-state index contributed by atoms with van der Waals surface area (Å²) in [4.78, 5) is 73.5. The standard InChI is InChI=1S/C26H17ClN2O10/c1-13(30)39-15-8-6-14(7-9-15)21(31)12-38-26(34)17-10-18(27)20(11-22(17)37-2)28-24(32)16-4-3-5-19(29(35)36)23(16)25(28)33/h3-11H,12H2,1-2H3. The van der Waals surface area contributed by atoms with Crippen LogP contribution in [0.1, 0.15) is 48.4 Å². The molecule has 39 heavy (non-hydrogen) atoms. The van der Waals surface area contributed by atoms with Gasteiger partial charge in [0.2, 0.25) is 0 Å². The van der Waals surface area contributed by atoms with E-state index in [1.165, 1.54) is 50.4 Å². The van der Waals surface area contributed by atoms with Gasteiger partial charge in [0.25, 0.3) is 17.5 Å². The normalized spacial score (nSPS) is 12.1. The number of esters is 2. The van der Waals surface area contributed by atoms with E-state index in [1.807, 2.05) is 0 Å². The molecule has 0 unspecified atom stereocenters. The third-order valence-electron chi connectivity index (χ3n) is 5.59. The molecule has 0 aromatic heterocycles. The lowest BCUT2D eigenvalue weighted by Crippen LogP contribution is -2.30. The van der Waals surface area contributed by atoms with Crippen molar-refractivity contribution in [2.45, 2.75) is 6.92 Å². The van der Waals surface area contributed by atoms with Crippen molar-refractivity contribution in [1.29, 1.82) is 0 Å². The molecule has 0 aliphatic carbocycles. The van der Waals surface area contributed by atoms with Crippen molar-refractivity contribution < 1.29 is 43.1 Å². The molecular weight excluding hydrogens is 536 g/mol. The number of amides is 2. The lowest BCUT2D eigenvalue weighted by molar-refractivity contribution is -0.385. The summed E-state index contributed by atoms with van der Waals surface area (Å²) < 4.78 is 15.2. The fourth-order valence-electron chi connectivity index (χ4n) is 3.85. The topological polar surface area (TPSA) is 159 Å². The van der Waals surface area contributed by atoms with Crippen LogP contribution in [0.2, 0.25) is 5.02 Å². The fourth-order valence-corrected chi connectivity index (χ4v) is 4.10. The van der Waals surface area contributed by atoms with Gasteiger partial charge in [-0.25, -0.2) is 9.69 Å². The highest BCUT2D eigenvalue weighted by Gasteiger charge is 2.43. The molecule has 1 aliphatic heterocycles. The highest BCUT2D eigenvalue weighted by atomic mass is 35.5. The molecule has 3 aromatic carbocycles. The molecule has 0 fully saturated rings. The first kappa shape index (κ1) is 26.9. The summed E-state index contributed by atoms with van der Waals surface area (Å²) in [6.45, 7) is 0.591. The Kier molecular flexibility index (Phi) is 7.40. The smallest absolute Gasteiger partial charge is 0.342 e. The molecule has 13 heteroatoms. The van der Waals surface area contributed by atoms with Crippen molar-refractivity contribution in [3.63, 3.8) is 0 Å². The number of carbonyl (C=O) groups excluding carboxylic acids is 5. The van der Waals surface area contributed by atoms with Gasteiger partial charge in [-0.2, -0.15) is 0 Å². The van der Waals surface area contributed by atoms with Crippen LogP contribution in [0.4, 0.5) is 11.4 Å². The molecule has 198 valence electrons. The van der Waals surface area contributed by atoms with E-state index in [1.54, 1.807) is 0 Å². The number of hydrogen-bond acceptors (Lipinski definition) is 10. The van der Waals surface area contributed by atoms with Gasteiger partial charge in [0.1, 0.15) is 22.6 Å². The van der Waals surface area contributed by atoms with Crippen LogP contribution in [0, 0.1) is 10.1 Å². The summed E-state index contributed by atoms with van der Waals surface area (Å²) in [5.41, 5.74) is -1.28. The van der Waals surface area contributed by atoms with E-state index >= 15 is 0 Å². The van der Waals surface area contributed by atoms with Gasteiger partial charge in [-0.1, -0.05) is 17.7 Å². The SMILES string of the molecule is COc1cc(N2C(=O)c3cccc([N+](=O)[O-])c3C2=O)c(Cl)cc1C(=O)OCC(=O)c1ccc(OC(C)=O)cc1. The third kappa shape index (κ3) is 5.18. The molecular formula is C26H17ClN2O10. The van der Waals surface area contributed by atoms with Crippen molar-refractivity contribution in [3.8, 4) is 11.5 Å². The average molecular weight is 553 g/mol. The van der Waals surface area contributed by atoms with E-state index in [0.717, 1.165) is 18.2 Å². The number of carbonyl (C=O) groups is 5. The van der Waals surface area contributed by atoms with E-state index < -0.39 is 46.8 Å². The van der Waals surface area contributed by atoms with Gasteiger partial charge >= 0.3 is 11.9 Å². The maximum atomic E-state index is 13.0. The fraction of sp³-hybridized carbons (Fsp3) is 0.115. The number of anilines is 1. The van der Waals surface area contributed by atoms with Gasteiger partial charge in [0, 0.05) is 24.6 Å². The van der Waals surface area contributed by atoms with Gasteiger partial charge < -0.3 is 14.2 Å². The van der Waals surface area contributed by atoms with Crippen molar-refractivity contribution in [1.82, 2.24) is 0 Å².